The van der Waals surface area contributed by atoms with Crippen LogP contribution in [0.15, 0.2) is 60.7 Å². The summed E-state index contributed by atoms with van der Waals surface area (Å²) in [6, 6.07) is 13.3. The number of imide groups is 1. The number of hydrogen-bond donors (Lipinski definition) is 1. The van der Waals surface area contributed by atoms with Crippen molar-refractivity contribution in [2.75, 3.05) is 5.32 Å². The van der Waals surface area contributed by atoms with Crippen molar-refractivity contribution >= 4 is 46.6 Å². The summed E-state index contributed by atoms with van der Waals surface area (Å²) in [5.41, 5.74) is 1.35. The van der Waals surface area contributed by atoms with Gasteiger partial charge in [0.15, 0.2) is 0 Å². The van der Waals surface area contributed by atoms with E-state index in [4.69, 9.17) is 23.2 Å². The maximum atomic E-state index is 13.6. The molecule has 4 aliphatic carbocycles. The van der Waals surface area contributed by atoms with E-state index in [0.29, 0.717) is 27.6 Å². The van der Waals surface area contributed by atoms with E-state index in [0.717, 1.165) is 12.0 Å². The van der Waals surface area contributed by atoms with Crippen LogP contribution in [0.25, 0.3) is 0 Å². The Morgan fingerprint density at radius 3 is 2.18 bits per heavy atom. The molecule has 5 aliphatic rings. The van der Waals surface area contributed by atoms with Crippen LogP contribution in [-0.4, -0.2) is 28.7 Å². The number of rotatable bonds is 5. The topological polar surface area (TPSA) is 66.5 Å². The highest BCUT2D eigenvalue weighted by Gasteiger charge is 2.67. The predicted molar refractivity (Wildman–Crippen MR) is 126 cm³/mol. The first-order chi connectivity index (χ1) is 15.9. The molecule has 7 rings (SSSR count). The van der Waals surface area contributed by atoms with Crippen LogP contribution in [0, 0.1) is 35.5 Å². The molecule has 2 bridgehead atoms. The standard InChI is InChI=1S/C26H22Cl2N2O3/c27-19-9-6-14(11-20(19)28)29-24(31)21(10-13-4-2-1-3-5-13)30-25(32)22-15-7-8-16(18-12-17(15)18)23(22)26(30)33/h1-9,11,15-18,21-23H,10,12H2,(H,29,31)/t15-,16-,17-,18-,21-,22+,23+/m0/s1. The monoisotopic (exact) mass is 480 g/mol. The predicted octanol–water partition coefficient (Wildman–Crippen LogP) is 4.60. The lowest BCUT2D eigenvalue weighted by atomic mass is 9.63. The van der Waals surface area contributed by atoms with E-state index >= 15 is 0 Å². The van der Waals surface area contributed by atoms with Gasteiger partial charge in [0, 0.05) is 12.1 Å². The van der Waals surface area contributed by atoms with Gasteiger partial charge in [-0.25, -0.2) is 0 Å². The molecule has 2 aromatic rings. The van der Waals surface area contributed by atoms with Crippen LogP contribution in [0.3, 0.4) is 0 Å². The van der Waals surface area contributed by atoms with Gasteiger partial charge in [-0.05, 0) is 53.9 Å². The van der Waals surface area contributed by atoms with Crippen LogP contribution in [0.5, 0.6) is 0 Å². The Morgan fingerprint density at radius 2 is 1.58 bits per heavy atom. The molecule has 0 aromatic heterocycles. The molecule has 1 aliphatic heterocycles. The van der Waals surface area contributed by atoms with Gasteiger partial charge >= 0.3 is 0 Å². The number of benzene rings is 2. The quantitative estimate of drug-likeness (QED) is 0.502. The number of nitrogens with zero attached hydrogens (tertiary/aromatic N) is 1. The molecule has 2 saturated carbocycles. The van der Waals surface area contributed by atoms with Gasteiger partial charge in [-0.3, -0.25) is 19.3 Å². The largest absolute Gasteiger partial charge is 0.324 e. The molecule has 7 heteroatoms. The molecule has 2 aromatic carbocycles. The number of carbonyl (C=O) groups excluding carboxylic acids is 3. The molecule has 7 atom stereocenters. The zero-order valence-corrected chi connectivity index (χ0v) is 19.2. The van der Waals surface area contributed by atoms with Crippen molar-refractivity contribution in [1.82, 2.24) is 4.90 Å². The van der Waals surface area contributed by atoms with Crippen molar-refractivity contribution in [3.8, 4) is 0 Å². The van der Waals surface area contributed by atoms with Crippen LogP contribution >= 0.6 is 23.2 Å². The summed E-state index contributed by atoms with van der Waals surface area (Å²) in [6.45, 7) is 0. The van der Waals surface area contributed by atoms with Crippen LogP contribution in [0.4, 0.5) is 5.69 Å². The summed E-state index contributed by atoms with van der Waals surface area (Å²) < 4.78 is 0. The minimum atomic E-state index is -0.941. The molecule has 3 amide bonds. The second-order valence-corrected chi connectivity index (χ2v) is 10.3. The number of nitrogens with one attached hydrogen (secondary N) is 1. The Kier molecular flexibility index (Phi) is 4.89. The highest BCUT2D eigenvalue weighted by Crippen LogP contribution is 2.65. The Balaban J connectivity index is 1.33. The van der Waals surface area contributed by atoms with E-state index in [2.05, 4.69) is 17.5 Å². The molecular formula is C26H22Cl2N2O3. The molecule has 0 spiro atoms. The highest BCUT2D eigenvalue weighted by molar-refractivity contribution is 6.42. The maximum absolute atomic E-state index is 13.6. The molecule has 33 heavy (non-hydrogen) atoms. The van der Waals surface area contributed by atoms with Gasteiger partial charge in [-0.2, -0.15) is 0 Å². The number of allylic oxidation sites excluding steroid dienone is 2. The SMILES string of the molecule is O=C(Nc1ccc(Cl)c(Cl)c1)[C@H](Cc1ccccc1)N1C(=O)[C@@H]2[C@H]3C=C[C@@H]([C@@H]4C[C@@H]34)[C@H]2C1=O. The van der Waals surface area contributed by atoms with Gasteiger partial charge in [-0.1, -0.05) is 65.7 Å². The molecule has 0 unspecified atom stereocenters. The van der Waals surface area contributed by atoms with Gasteiger partial charge < -0.3 is 5.32 Å². The summed E-state index contributed by atoms with van der Waals surface area (Å²) in [6.07, 6.45) is 5.62. The third-order valence-electron chi connectivity index (χ3n) is 7.77. The van der Waals surface area contributed by atoms with Gasteiger partial charge in [0.1, 0.15) is 6.04 Å². The zero-order chi connectivity index (χ0) is 22.9. The van der Waals surface area contributed by atoms with Crippen molar-refractivity contribution in [1.29, 1.82) is 0 Å². The maximum Gasteiger partial charge on any atom is 0.248 e. The lowest BCUT2D eigenvalue weighted by Crippen LogP contribution is -2.49. The van der Waals surface area contributed by atoms with Gasteiger partial charge in [0.05, 0.1) is 21.9 Å². The third kappa shape index (κ3) is 3.32. The lowest BCUT2D eigenvalue weighted by Gasteiger charge is -2.37. The van der Waals surface area contributed by atoms with E-state index in [-0.39, 0.29) is 41.9 Å². The van der Waals surface area contributed by atoms with E-state index in [1.54, 1.807) is 18.2 Å². The number of halogens is 2. The van der Waals surface area contributed by atoms with Gasteiger partial charge in [-0.15, -0.1) is 0 Å². The fourth-order valence-electron chi connectivity index (χ4n) is 6.23. The van der Waals surface area contributed by atoms with E-state index in [1.807, 2.05) is 30.3 Å². The summed E-state index contributed by atoms with van der Waals surface area (Å²) >= 11 is 12.1. The summed E-state index contributed by atoms with van der Waals surface area (Å²) in [7, 11) is 0. The first kappa shape index (κ1) is 20.9. The van der Waals surface area contributed by atoms with Crippen molar-refractivity contribution in [2.45, 2.75) is 18.9 Å². The molecule has 168 valence electrons. The molecule has 3 fully saturated rings. The summed E-state index contributed by atoms with van der Waals surface area (Å²) in [5, 5.41) is 3.54. The van der Waals surface area contributed by atoms with E-state index in [1.165, 1.54) is 4.90 Å². The minimum Gasteiger partial charge on any atom is -0.324 e. The van der Waals surface area contributed by atoms with Crippen LogP contribution in [-0.2, 0) is 20.8 Å². The Hall–Kier alpha value is -2.63. The molecule has 1 heterocycles. The van der Waals surface area contributed by atoms with Gasteiger partial charge in [0.2, 0.25) is 17.7 Å². The van der Waals surface area contributed by atoms with Crippen LogP contribution in [0.1, 0.15) is 12.0 Å². The first-order valence-electron chi connectivity index (χ1n) is 11.3. The number of hydrogen-bond acceptors (Lipinski definition) is 3. The van der Waals surface area contributed by atoms with Gasteiger partial charge in [0.25, 0.3) is 0 Å². The molecule has 5 nitrogen and oxygen atoms in total. The Morgan fingerprint density at radius 1 is 0.939 bits per heavy atom. The van der Waals surface area contributed by atoms with Crippen LogP contribution < -0.4 is 5.32 Å². The second kappa shape index (κ2) is 7.71. The minimum absolute atomic E-state index is 0.113. The third-order valence-corrected chi connectivity index (χ3v) is 8.51. The second-order valence-electron chi connectivity index (χ2n) is 9.52. The Labute approximate surface area is 201 Å². The number of likely N-dealkylation sites (tertiary alicyclic amines) is 1. The molecule has 1 N–H and O–H groups in total. The highest BCUT2D eigenvalue weighted by atomic mass is 35.5. The van der Waals surface area contributed by atoms with Crippen molar-refractivity contribution < 1.29 is 14.4 Å². The average molecular weight is 481 g/mol. The fraction of sp³-hybridized carbons (Fsp3) is 0.346. The smallest absolute Gasteiger partial charge is 0.248 e. The Bertz CT molecular complexity index is 1160. The van der Waals surface area contributed by atoms with Crippen LogP contribution in [0.2, 0.25) is 10.0 Å². The number of amides is 3. The normalized spacial score (nSPS) is 31.9. The van der Waals surface area contributed by atoms with Crippen molar-refractivity contribution in [3.63, 3.8) is 0 Å². The van der Waals surface area contributed by atoms with Crippen molar-refractivity contribution in [2.24, 2.45) is 35.5 Å². The number of carbonyl (C=O) groups is 3. The van der Waals surface area contributed by atoms with Crippen molar-refractivity contribution in [3.05, 3.63) is 76.3 Å². The van der Waals surface area contributed by atoms with E-state index < -0.39 is 11.9 Å². The average Bonchev–Trinajstić information content (AvgIpc) is 3.59. The fourth-order valence-corrected chi connectivity index (χ4v) is 6.52. The van der Waals surface area contributed by atoms with E-state index in [9.17, 15) is 14.4 Å². The zero-order valence-electron chi connectivity index (χ0n) is 17.7. The summed E-state index contributed by atoms with van der Waals surface area (Å²) in [5.74, 6) is -0.266. The molecular weight excluding hydrogens is 459 g/mol. The molecule has 0 radical (unpaired) electrons. The lowest BCUT2D eigenvalue weighted by molar-refractivity contribution is -0.146. The first-order valence-corrected chi connectivity index (χ1v) is 12.0. The number of anilines is 1. The summed E-state index contributed by atoms with van der Waals surface area (Å²) in [4.78, 5) is 42.0. The molecule has 1 saturated heterocycles.